The third-order valence-corrected chi connectivity index (χ3v) is 4.11. The molecule has 3 rings (SSSR count). The van der Waals surface area contributed by atoms with Crippen LogP contribution in [0.5, 0.6) is 0 Å². The van der Waals surface area contributed by atoms with Gasteiger partial charge in [-0.3, -0.25) is 14.4 Å². The molecular weight excluding hydrogens is 312 g/mol. The van der Waals surface area contributed by atoms with Crippen LogP contribution in [0, 0.1) is 0 Å². The number of carbonyl (C=O) groups excluding carboxylic acids is 1. The van der Waals surface area contributed by atoms with Crippen LogP contribution in [0.15, 0.2) is 24.7 Å². The Morgan fingerprint density at radius 1 is 1.21 bits per heavy atom. The Morgan fingerprint density at radius 3 is 2.58 bits per heavy atom. The summed E-state index contributed by atoms with van der Waals surface area (Å²) < 4.78 is 3.01. The van der Waals surface area contributed by atoms with E-state index in [-0.39, 0.29) is 18.1 Å². The highest BCUT2D eigenvalue weighted by Crippen LogP contribution is 2.09. The first-order valence-electron chi connectivity index (χ1n) is 7.75. The van der Waals surface area contributed by atoms with Crippen LogP contribution < -0.4 is 0 Å². The second kappa shape index (κ2) is 6.83. The first-order valence-corrected chi connectivity index (χ1v) is 7.75. The Morgan fingerprint density at radius 2 is 1.96 bits per heavy atom. The van der Waals surface area contributed by atoms with Crippen molar-refractivity contribution < 1.29 is 14.7 Å². The van der Waals surface area contributed by atoms with Gasteiger partial charge in [-0.2, -0.15) is 10.2 Å². The van der Waals surface area contributed by atoms with Crippen LogP contribution in [0.2, 0.25) is 0 Å². The van der Waals surface area contributed by atoms with E-state index in [1.165, 1.54) is 16.9 Å². The van der Waals surface area contributed by atoms with E-state index in [9.17, 15) is 9.59 Å². The molecule has 0 bridgehead atoms. The molecule has 3 heterocycles. The predicted octanol–water partition coefficient (Wildman–Crippen LogP) is -0.341. The van der Waals surface area contributed by atoms with E-state index < -0.39 is 5.97 Å². The molecule has 2 aromatic rings. The summed E-state index contributed by atoms with van der Waals surface area (Å²) in [6, 6.07) is 1.39. The SMILES string of the molecule is Cn1cc(CN2CCN(C(=O)Cn3nccc3C(=O)O)CC2)cn1. The molecule has 1 aliphatic heterocycles. The zero-order valence-corrected chi connectivity index (χ0v) is 13.5. The molecule has 0 aliphatic carbocycles. The molecule has 128 valence electrons. The lowest BCUT2D eigenvalue weighted by atomic mass is 10.2. The summed E-state index contributed by atoms with van der Waals surface area (Å²) in [5.41, 5.74) is 1.18. The van der Waals surface area contributed by atoms with E-state index >= 15 is 0 Å². The van der Waals surface area contributed by atoms with E-state index in [0.717, 1.165) is 25.2 Å². The second-order valence-corrected chi connectivity index (χ2v) is 5.86. The molecule has 9 nitrogen and oxygen atoms in total. The van der Waals surface area contributed by atoms with Gasteiger partial charge in [0.05, 0.1) is 6.20 Å². The summed E-state index contributed by atoms with van der Waals surface area (Å²) in [6.07, 6.45) is 5.23. The van der Waals surface area contributed by atoms with E-state index in [1.807, 2.05) is 19.4 Å². The molecule has 0 saturated carbocycles. The normalized spacial score (nSPS) is 15.6. The molecule has 0 spiro atoms. The topological polar surface area (TPSA) is 96.5 Å². The Bertz CT molecular complexity index is 729. The van der Waals surface area contributed by atoms with Crippen molar-refractivity contribution in [3.63, 3.8) is 0 Å². The minimum atomic E-state index is -1.08. The molecule has 0 aromatic carbocycles. The maximum Gasteiger partial charge on any atom is 0.354 e. The summed E-state index contributed by atoms with van der Waals surface area (Å²) in [6.45, 7) is 3.60. The minimum absolute atomic E-state index is 0.0264. The van der Waals surface area contributed by atoms with Crippen molar-refractivity contribution in [3.05, 3.63) is 35.9 Å². The summed E-state index contributed by atoms with van der Waals surface area (Å²) in [4.78, 5) is 27.4. The summed E-state index contributed by atoms with van der Waals surface area (Å²) >= 11 is 0. The van der Waals surface area contributed by atoms with Gasteiger partial charge in [0.2, 0.25) is 5.91 Å². The number of nitrogens with zero attached hydrogens (tertiary/aromatic N) is 6. The van der Waals surface area contributed by atoms with E-state index in [0.29, 0.717) is 13.1 Å². The van der Waals surface area contributed by atoms with Crippen LogP contribution in [-0.2, 0) is 24.9 Å². The highest BCUT2D eigenvalue weighted by molar-refractivity contribution is 5.86. The maximum atomic E-state index is 12.3. The highest BCUT2D eigenvalue weighted by atomic mass is 16.4. The number of piperazine rings is 1. The summed E-state index contributed by atoms with van der Waals surface area (Å²) in [5.74, 6) is -1.19. The lowest BCUT2D eigenvalue weighted by molar-refractivity contribution is -0.133. The van der Waals surface area contributed by atoms with Gasteiger partial charge in [-0.1, -0.05) is 0 Å². The fraction of sp³-hybridized carbons (Fsp3) is 0.467. The van der Waals surface area contributed by atoms with Gasteiger partial charge in [-0.25, -0.2) is 9.48 Å². The van der Waals surface area contributed by atoms with E-state index in [1.54, 1.807) is 9.58 Å². The van der Waals surface area contributed by atoms with E-state index in [2.05, 4.69) is 15.1 Å². The van der Waals surface area contributed by atoms with Crippen LogP contribution in [-0.4, -0.2) is 72.5 Å². The number of carboxylic acids is 1. The standard InChI is InChI=1S/C15H20N6O3/c1-18-9-12(8-17-18)10-19-4-6-20(7-5-19)14(22)11-21-13(15(23)24)2-3-16-21/h2-3,8-9H,4-7,10-11H2,1H3,(H,23,24). The van der Waals surface area contributed by atoms with Gasteiger partial charge in [-0.05, 0) is 6.07 Å². The van der Waals surface area contributed by atoms with Crippen molar-refractivity contribution in [2.24, 2.45) is 7.05 Å². The minimum Gasteiger partial charge on any atom is -0.477 e. The fourth-order valence-corrected chi connectivity index (χ4v) is 2.84. The third-order valence-electron chi connectivity index (χ3n) is 4.11. The molecule has 1 amide bonds. The quantitative estimate of drug-likeness (QED) is 0.805. The Balaban J connectivity index is 1.51. The molecule has 1 saturated heterocycles. The van der Waals surface area contributed by atoms with Gasteiger partial charge in [0, 0.05) is 57.7 Å². The zero-order chi connectivity index (χ0) is 17.1. The van der Waals surface area contributed by atoms with Crippen LogP contribution >= 0.6 is 0 Å². The molecule has 1 aliphatic rings. The van der Waals surface area contributed by atoms with Crippen molar-refractivity contribution >= 4 is 11.9 Å². The molecular formula is C15H20N6O3. The number of amides is 1. The van der Waals surface area contributed by atoms with Gasteiger partial charge in [0.15, 0.2) is 0 Å². The van der Waals surface area contributed by atoms with Gasteiger partial charge >= 0.3 is 5.97 Å². The number of hydrogen-bond acceptors (Lipinski definition) is 5. The monoisotopic (exact) mass is 332 g/mol. The first kappa shape index (κ1) is 16.2. The second-order valence-electron chi connectivity index (χ2n) is 5.86. The largest absolute Gasteiger partial charge is 0.477 e. The summed E-state index contributed by atoms with van der Waals surface area (Å²) in [5, 5.41) is 17.1. The number of hydrogen-bond donors (Lipinski definition) is 1. The lowest BCUT2D eigenvalue weighted by Gasteiger charge is -2.34. The predicted molar refractivity (Wildman–Crippen MR) is 84.3 cm³/mol. The van der Waals surface area contributed by atoms with Crippen LogP contribution in [0.3, 0.4) is 0 Å². The van der Waals surface area contributed by atoms with Crippen LogP contribution in [0.1, 0.15) is 16.1 Å². The fourth-order valence-electron chi connectivity index (χ4n) is 2.84. The molecule has 0 radical (unpaired) electrons. The average molecular weight is 332 g/mol. The van der Waals surface area contributed by atoms with Crippen LogP contribution in [0.25, 0.3) is 0 Å². The molecule has 1 N–H and O–H groups in total. The molecule has 2 aromatic heterocycles. The van der Waals surface area contributed by atoms with Crippen molar-refractivity contribution in [1.29, 1.82) is 0 Å². The van der Waals surface area contributed by atoms with Crippen LogP contribution in [0.4, 0.5) is 0 Å². The van der Waals surface area contributed by atoms with Gasteiger partial charge in [-0.15, -0.1) is 0 Å². The number of aromatic nitrogens is 4. The zero-order valence-electron chi connectivity index (χ0n) is 13.5. The smallest absolute Gasteiger partial charge is 0.354 e. The van der Waals surface area contributed by atoms with Gasteiger partial charge in [0.1, 0.15) is 12.2 Å². The summed E-state index contributed by atoms with van der Waals surface area (Å²) in [7, 11) is 1.89. The Hall–Kier alpha value is -2.68. The molecule has 1 fully saturated rings. The van der Waals surface area contributed by atoms with Crippen molar-refractivity contribution in [2.45, 2.75) is 13.1 Å². The number of aryl methyl sites for hydroxylation is 1. The van der Waals surface area contributed by atoms with Gasteiger partial charge < -0.3 is 10.0 Å². The molecule has 0 unspecified atom stereocenters. The number of aromatic carboxylic acids is 1. The van der Waals surface area contributed by atoms with Gasteiger partial charge in [0.25, 0.3) is 0 Å². The molecule has 9 heteroatoms. The number of carbonyl (C=O) groups is 2. The Labute approximate surface area is 139 Å². The first-order chi connectivity index (χ1) is 11.5. The van der Waals surface area contributed by atoms with Crippen molar-refractivity contribution in [1.82, 2.24) is 29.4 Å². The molecule has 0 atom stereocenters. The number of carboxylic acid groups (broad SMARTS) is 1. The van der Waals surface area contributed by atoms with E-state index in [4.69, 9.17) is 5.11 Å². The van der Waals surface area contributed by atoms with Crippen molar-refractivity contribution in [3.8, 4) is 0 Å². The molecule has 24 heavy (non-hydrogen) atoms. The lowest BCUT2D eigenvalue weighted by Crippen LogP contribution is -2.49. The highest BCUT2D eigenvalue weighted by Gasteiger charge is 2.23. The van der Waals surface area contributed by atoms with Crippen molar-refractivity contribution in [2.75, 3.05) is 26.2 Å². The third kappa shape index (κ3) is 3.62. The number of rotatable bonds is 5. The Kier molecular flexibility index (Phi) is 4.61. The maximum absolute atomic E-state index is 12.3. The average Bonchev–Trinajstić information content (AvgIpc) is 3.17.